The fourth-order valence-electron chi connectivity index (χ4n) is 0.594. The van der Waals surface area contributed by atoms with E-state index in [1.54, 1.807) is 11.3 Å². The molecule has 0 aliphatic carbocycles. The highest BCUT2D eigenvalue weighted by atomic mass is 32.1. The predicted molar refractivity (Wildman–Crippen MR) is 52.1 cm³/mol. The van der Waals surface area contributed by atoms with Crippen LogP contribution in [0.25, 0.3) is 0 Å². The van der Waals surface area contributed by atoms with Gasteiger partial charge in [-0.3, -0.25) is 9.59 Å². The van der Waals surface area contributed by atoms with Gasteiger partial charge in [0.1, 0.15) is 0 Å². The van der Waals surface area contributed by atoms with Gasteiger partial charge in [-0.05, 0) is 22.4 Å². The second-order valence-corrected chi connectivity index (χ2v) is 3.17. The van der Waals surface area contributed by atoms with Crippen LogP contribution in [-0.2, 0) is 16.0 Å². The van der Waals surface area contributed by atoms with Gasteiger partial charge < -0.3 is 11.5 Å². The molecule has 0 saturated carbocycles. The molecule has 2 amide bonds. The Labute approximate surface area is 80.5 Å². The lowest BCUT2D eigenvalue weighted by Crippen LogP contribution is -2.12. The molecule has 4 nitrogen and oxygen atoms in total. The van der Waals surface area contributed by atoms with E-state index in [2.05, 4.69) is 5.73 Å². The fraction of sp³-hybridized carbons (Fsp3) is 0.250. The smallest absolute Gasteiger partial charge is 0.221 e. The average Bonchev–Trinajstić information content (AvgIpc) is 2.36. The van der Waals surface area contributed by atoms with Gasteiger partial charge in [-0.25, -0.2) is 0 Å². The molecule has 0 spiro atoms. The Morgan fingerprint density at radius 1 is 1.46 bits per heavy atom. The van der Waals surface area contributed by atoms with E-state index >= 15 is 0 Å². The summed E-state index contributed by atoms with van der Waals surface area (Å²) in [4.78, 5) is 19.5. The summed E-state index contributed by atoms with van der Waals surface area (Å²) < 4.78 is 0. The summed E-state index contributed by atoms with van der Waals surface area (Å²) in [5, 5.41) is 3.85. The molecule has 0 fully saturated rings. The van der Waals surface area contributed by atoms with Crippen molar-refractivity contribution in [2.24, 2.45) is 11.5 Å². The molecule has 5 heteroatoms. The number of thiophene rings is 1. The number of carbonyl (C=O) groups is 2. The summed E-state index contributed by atoms with van der Waals surface area (Å²) in [7, 11) is 0. The molecule has 0 unspecified atom stereocenters. The summed E-state index contributed by atoms with van der Waals surface area (Å²) in [6.07, 6.45) is 0.365. The summed E-state index contributed by atoms with van der Waals surface area (Å²) in [5.74, 6) is -0.603. The van der Waals surface area contributed by atoms with Crippen LogP contribution >= 0.6 is 11.3 Å². The third-order valence-corrected chi connectivity index (χ3v) is 1.69. The zero-order valence-corrected chi connectivity index (χ0v) is 8.14. The number of amides is 2. The lowest BCUT2D eigenvalue weighted by molar-refractivity contribution is -0.117. The van der Waals surface area contributed by atoms with Gasteiger partial charge in [0.2, 0.25) is 11.8 Å². The standard InChI is InChI=1S/C6H7NOS.C2H5NO/c7-6(8)3-5-1-2-9-4-5;1-2(3)4/h1-2,4H,3H2,(H2,7,8);1H3,(H2,3,4). The second-order valence-electron chi connectivity index (χ2n) is 2.39. The van der Waals surface area contributed by atoms with Crippen molar-refractivity contribution < 1.29 is 9.59 Å². The van der Waals surface area contributed by atoms with Gasteiger partial charge in [-0.1, -0.05) is 0 Å². The first-order valence-electron chi connectivity index (χ1n) is 3.57. The predicted octanol–water partition coefficient (Wildman–Crippen LogP) is 0.268. The Kier molecular flexibility index (Phi) is 5.54. The zero-order chi connectivity index (χ0) is 10.3. The van der Waals surface area contributed by atoms with Crippen LogP contribution in [0, 0.1) is 0 Å². The van der Waals surface area contributed by atoms with Crippen molar-refractivity contribution in [3.8, 4) is 0 Å². The van der Waals surface area contributed by atoms with Crippen LogP contribution in [0.3, 0.4) is 0 Å². The highest BCUT2D eigenvalue weighted by molar-refractivity contribution is 7.07. The third kappa shape index (κ3) is 8.55. The Hall–Kier alpha value is -1.36. The van der Waals surface area contributed by atoms with E-state index in [4.69, 9.17) is 5.73 Å². The van der Waals surface area contributed by atoms with Gasteiger partial charge in [-0.15, -0.1) is 0 Å². The lowest BCUT2D eigenvalue weighted by atomic mass is 10.2. The molecule has 1 aromatic rings. The van der Waals surface area contributed by atoms with E-state index in [9.17, 15) is 9.59 Å². The molecule has 13 heavy (non-hydrogen) atoms. The molecule has 1 rings (SSSR count). The molecule has 4 N–H and O–H groups in total. The maximum atomic E-state index is 10.3. The van der Waals surface area contributed by atoms with Gasteiger partial charge >= 0.3 is 0 Å². The first kappa shape index (κ1) is 11.6. The topological polar surface area (TPSA) is 86.2 Å². The number of carbonyl (C=O) groups excluding carboxylic acids is 2. The minimum atomic E-state index is -0.333. The largest absolute Gasteiger partial charge is 0.370 e. The minimum absolute atomic E-state index is 0.270. The number of nitrogens with two attached hydrogens (primary N) is 2. The van der Waals surface area contributed by atoms with E-state index in [-0.39, 0.29) is 11.8 Å². The quantitative estimate of drug-likeness (QED) is 0.717. The Balaban J connectivity index is 0.000000310. The first-order valence-corrected chi connectivity index (χ1v) is 4.52. The molecule has 1 aromatic heterocycles. The van der Waals surface area contributed by atoms with Gasteiger partial charge in [0.05, 0.1) is 6.42 Å². The minimum Gasteiger partial charge on any atom is -0.370 e. The van der Waals surface area contributed by atoms with E-state index in [0.717, 1.165) is 5.56 Å². The zero-order valence-electron chi connectivity index (χ0n) is 7.32. The van der Waals surface area contributed by atoms with Gasteiger partial charge in [-0.2, -0.15) is 11.3 Å². The number of rotatable bonds is 2. The second kappa shape index (κ2) is 6.19. The molecule has 0 radical (unpaired) electrons. The Morgan fingerprint density at radius 2 is 2.00 bits per heavy atom. The molecule has 72 valence electrons. The number of primary amides is 2. The van der Waals surface area contributed by atoms with Crippen molar-refractivity contribution in [2.45, 2.75) is 13.3 Å². The van der Waals surface area contributed by atoms with Crippen molar-refractivity contribution in [3.05, 3.63) is 22.4 Å². The van der Waals surface area contributed by atoms with E-state index in [1.165, 1.54) is 6.92 Å². The number of hydrogen-bond donors (Lipinski definition) is 2. The molecule has 0 saturated heterocycles. The molecule has 0 bridgehead atoms. The van der Waals surface area contributed by atoms with Gasteiger partial charge in [0, 0.05) is 6.92 Å². The van der Waals surface area contributed by atoms with Gasteiger partial charge in [0.25, 0.3) is 0 Å². The normalized spacial score (nSPS) is 8.38. The van der Waals surface area contributed by atoms with Crippen molar-refractivity contribution in [2.75, 3.05) is 0 Å². The molecular formula is C8H12N2O2S. The summed E-state index contributed by atoms with van der Waals surface area (Å²) in [6, 6.07) is 1.90. The lowest BCUT2D eigenvalue weighted by Gasteiger charge is -1.86. The third-order valence-electron chi connectivity index (χ3n) is 0.958. The maximum absolute atomic E-state index is 10.3. The van der Waals surface area contributed by atoms with Crippen LogP contribution in [0.1, 0.15) is 12.5 Å². The summed E-state index contributed by atoms with van der Waals surface area (Å²) in [6.45, 7) is 1.31. The van der Waals surface area contributed by atoms with E-state index < -0.39 is 0 Å². The van der Waals surface area contributed by atoms with Crippen LogP contribution in [-0.4, -0.2) is 11.8 Å². The molecule has 0 aromatic carbocycles. The Morgan fingerprint density at radius 3 is 2.31 bits per heavy atom. The van der Waals surface area contributed by atoms with Crippen LogP contribution in [0.15, 0.2) is 16.8 Å². The fourth-order valence-corrected chi connectivity index (χ4v) is 1.26. The SMILES string of the molecule is CC(N)=O.NC(=O)Cc1ccsc1. The van der Waals surface area contributed by atoms with Crippen molar-refractivity contribution in [1.82, 2.24) is 0 Å². The van der Waals surface area contributed by atoms with Crippen LogP contribution < -0.4 is 11.5 Å². The van der Waals surface area contributed by atoms with Crippen molar-refractivity contribution in [1.29, 1.82) is 0 Å². The Bertz CT molecular complexity index is 266. The molecule has 0 aliphatic heterocycles. The van der Waals surface area contributed by atoms with Crippen molar-refractivity contribution >= 4 is 23.2 Å². The first-order chi connectivity index (χ1) is 6.02. The highest BCUT2D eigenvalue weighted by Gasteiger charge is 1.95. The van der Waals surface area contributed by atoms with Gasteiger partial charge in [0.15, 0.2) is 0 Å². The number of hydrogen-bond acceptors (Lipinski definition) is 3. The molecule has 0 atom stereocenters. The average molecular weight is 200 g/mol. The molecule has 0 aliphatic rings. The molecular weight excluding hydrogens is 188 g/mol. The van der Waals surface area contributed by atoms with Crippen LogP contribution in [0.5, 0.6) is 0 Å². The van der Waals surface area contributed by atoms with E-state index in [0.29, 0.717) is 6.42 Å². The van der Waals surface area contributed by atoms with E-state index in [1.807, 2.05) is 16.8 Å². The summed E-state index contributed by atoms with van der Waals surface area (Å²) in [5.41, 5.74) is 10.4. The highest BCUT2D eigenvalue weighted by Crippen LogP contribution is 2.05. The molecule has 1 heterocycles. The van der Waals surface area contributed by atoms with Crippen molar-refractivity contribution in [3.63, 3.8) is 0 Å². The maximum Gasteiger partial charge on any atom is 0.221 e. The summed E-state index contributed by atoms with van der Waals surface area (Å²) >= 11 is 1.57. The van der Waals surface area contributed by atoms with Crippen LogP contribution in [0.2, 0.25) is 0 Å². The van der Waals surface area contributed by atoms with Crippen LogP contribution in [0.4, 0.5) is 0 Å². The monoisotopic (exact) mass is 200 g/mol.